The molecule has 2 atom stereocenters. The summed E-state index contributed by atoms with van der Waals surface area (Å²) in [6.07, 6.45) is 3.30. The molecule has 1 N–H and O–H groups in total. The van der Waals surface area contributed by atoms with E-state index in [1.807, 2.05) is 18.2 Å². The summed E-state index contributed by atoms with van der Waals surface area (Å²) in [4.78, 5) is 0. The van der Waals surface area contributed by atoms with Gasteiger partial charge in [-0.25, -0.2) is 0 Å². The number of aliphatic hydroxyl groups excluding tert-OH is 1. The number of halogens is 2. The van der Waals surface area contributed by atoms with E-state index in [0.717, 1.165) is 29.5 Å². The Bertz CT molecular complexity index is 378. The van der Waals surface area contributed by atoms with E-state index in [2.05, 4.69) is 15.9 Å². The molecule has 0 amide bonds. The normalized spacial score (nSPS) is 21.7. The van der Waals surface area contributed by atoms with Crippen LogP contribution in [0.5, 0.6) is 0 Å². The summed E-state index contributed by atoms with van der Waals surface area (Å²) in [6, 6.07) is 5.75. The van der Waals surface area contributed by atoms with E-state index >= 15 is 0 Å². The lowest BCUT2D eigenvalue weighted by molar-refractivity contribution is 0.0541. The summed E-state index contributed by atoms with van der Waals surface area (Å²) in [5, 5.41) is 10.7. The molecule has 1 aromatic carbocycles. The fourth-order valence-electron chi connectivity index (χ4n) is 2.16. The average molecular weight is 320 g/mol. The van der Waals surface area contributed by atoms with E-state index in [4.69, 9.17) is 16.3 Å². The van der Waals surface area contributed by atoms with E-state index in [1.165, 1.54) is 0 Å². The molecular formula is C13H16BrClO2. The highest BCUT2D eigenvalue weighted by Crippen LogP contribution is 2.24. The van der Waals surface area contributed by atoms with Gasteiger partial charge in [0, 0.05) is 16.1 Å². The maximum atomic E-state index is 10.0. The zero-order chi connectivity index (χ0) is 12.3. The van der Waals surface area contributed by atoms with E-state index < -0.39 is 0 Å². The number of benzene rings is 1. The van der Waals surface area contributed by atoms with Crippen LogP contribution in [0.4, 0.5) is 0 Å². The quantitative estimate of drug-likeness (QED) is 0.919. The molecule has 1 aliphatic heterocycles. The van der Waals surface area contributed by atoms with Crippen LogP contribution in [0.2, 0.25) is 5.02 Å². The first-order chi connectivity index (χ1) is 8.15. The lowest BCUT2D eigenvalue weighted by Crippen LogP contribution is -2.19. The van der Waals surface area contributed by atoms with Crippen molar-refractivity contribution in [1.29, 1.82) is 0 Å². The third-order valence-electron chi connectivity index (χ3n) is 3.03. The lowest BCUT2D eigenvalue weighted by atomic mass is 10.0. The predicted molar refractivity (Wildman–Crippen MR) is 72.5 cm³/mol. The fraction of sp³-hybridized carbons (Fsp3) is 0.538. The second-order valence-electron chi connectivity index (χ2n) is 4.46. The molecule has 1 aromatic rings. The van der Waals surface area contributed by atoms with Crippen molar-refractivity contribution in [3.63, 3.8) is 0 Å². The van der Waals surface area contributed by atoms with Crippen molar-refractivity contribution >= 4 is 27.5 Å². The molecule has 0 aromatic heterocycles. The highest BCUT2D eigenvalue weighted by molar-refractivity contribution is 9.10. The minimum absolute atomic E-state index is 0.222. The highest BCUT2D eigenvalue weighted by Gasteiger charge is 2.20. The van der Waals surface area contributed by atoms with E-state index in [1.54, 1.807) is 0 Å². The maximum absolute atomic E-state index is 10.0. The van der Waals surface area contributed by atoms with E-state index in [9.17, 15) is 5.11 Å². The van der Waals surface area contributed by atoms with Gasteiger partial charge in [-0.15, -0.1) is 0 Å². The van der Waals surface area contributed by atoms with Crippen molar-refractivity contribution in [3.8, 4) is 0 Å². The van der Waals surface area contributed by atoms with Crippen LogP contribution in [-0.2, 0) is 11.2 Å². The molecular weight excluding hydrogens is 303 g/mol. The molecule has 2 unspecified atom stereocenters. The Hall–Kier alpha value is -0.0900. The Morgan fingerprint density at radius 2 is 2.35 bits per heavy atom. The first-order valence-electron chi connectivity index (χ1n) is 5.89. The molecule has 0 spiro atoms. The maximum Gasteiger partial charge on any atom is 0.0605 e. The predicted octanol–water partition coefficient (Wildman–Crippen LogP) is 3.58. The third-order valence-corrected chi connectivity index (χ3v) is 3.87. The standard InChI is InChI=1S/C13H16BrClO2/c14-10-4-3-9(13(15)7-10)6-11(16)8-12-2-1-5-17-12/h3-4,7,11-12,16H,1-2,5-6,8H2. The molecule has 0 radical (unpaired) electrons. The molecule has 94 valence electrons. The topological polar surface area (TPSA) is 29.5 Å². The highest BCUT2D eigenvalue weighted by atomic mass is 79.9. The van der Waals surface area contributed by atoms with Crippen molar-refractivity contribution in [2.75, 3.05) is 6.61 Å². The van der Waals surface area contributed by atoms with Gasteiger partial charge in [-0.1, -0.05) is 33.6 Å². The summed E-state index contributed by atoms with van der Waals surface area (Å²) in [5.74, 6) is 0. The first-order valence-corrected chi connectivity index (χ1v) is 7.06. The second-order valence-corrected chi connectivity index (χ2v) is 5.79. The van der Waals surface area contributed by atoms with Gasteiger partial charge in [0.15, 0.2) is 0 Å². The minimum Gasteiger partial charge on any atom is -0.393 e. The lowest BCUT2D eigenvalue weighted by Gasteiger charge is -2.16. The van der Waals surface area contributed by atoms with Crippen molar-refractivity contribution in [2.24, 2.45) is 0 Å². The van der Waals surface area contributed by atoms with Crippen molar-refractivity contribution in [3.05, 3.63) is 33.3 Å². The summed E-state index contributed by atoms with van der Waals surface area (Å²) in [6.45, 7) is 0.830. The van der Waals surface area contributed by atoms with Gasteiger partial charge >= 0.3 is 0 Å². The largest absolute Gasteiger partial charge is 0.393 e. The van der Waals surface area contributed by atoms with Gasteiger partial charge < -0.3 is 9.84 Å². The number of ether oxygens (including phenoxy) is 1. The van der Waals surface area contributed by atoms with Crippen LogP contribution in [0.1, 0.15) is 24.8 Å². The molecule has 2 rings (SSSR count). The molecule has 1 saturated heterocycles. The van der Waals surface area contributed by atoms with Crippen LogP contribution < -0.4 is 0 Å². The molecule has 2 nitrogen and oxygen atoms in total. The van der Waals surface area contributed by atoms with Crippen LogP contribution in [0.3, 0.4) is 0 Å². The Morgan fingerprint density at radius 1 is 1.53 bits per heavy atom. The molecule has 1 heterocycles. The van der Waals surface area contributed by atoms with Crippen molar-refractivity contribution in [1.82, 2.24) is 0 Å². The summed E-state index contributed by atoms with van der Waals surface area (Å²) >= 11 is 9.48. The van der Waals surface area contributed by atoms with Crippen LogP contribution >= 0.6 is 27.5 Å². The van der Waals surface area contributed by atoms with Crippen molar-refractivity contribution < 1.29 is 9.84 Å². The van der Waals surface area contributed by atoms with Crippen LogP contribution in [0, 0.1) is 0 Å². The Kier molecular flexibility index (Phi) is 4.86. The van der Waals surface area contributed by atoms with Gasteiger partial charge in [-0.2, -0.15) is 0 Å². The summed E-state index contributed by atoms with van der Waals surface area (Å²) in [7, 11) is 0. The third kappa shape index (κ3) is 3.95. The molecule has 1 fully saturated rings. The summed E-state index contributed by atoms with van der Waals surface area (Å²) < 4.78 is 6.47. The zero-order valence-electron chi connectivity index (χ0n) is 9.53. The summed E-state index contributed by atoms with van der Waals surface area (Å²) in [5.41, 5.74) is 0.986. The first kappa shape index (κ1) is 13.3. The molecule has 17 heavy (non-hydrogen) atoms. The van der Waals surface area contributed by atoms with Crippen LogP contribution in [0.25, 0.3) is 0 Å². The Morgan fingerprint density at radius 3 is 3.00 bits per heavy atom. The van der Waals surface area contributed by atoms with E-state index in [0.29, 0.717) is 17.9 Å². The average Bonchev–Trinajstić information content (AvgIpc) is 2.75. The minimum atomic E-state index is -0.378. The zero-order valence-corrected chi connectivity index (χ0v) is 11.9. The van der Waals surface area contributed by atoms with Gasteiger partial charge in [0.1, 0.15) is 0 Å². The van der Waals surface area contributed by atoms with Gasteiger partial charge in [0.25, 0.3) is 0 Å². The second kappa shape index (κ2) is 6.19. The fourth-order valence-corrected chi connectivity index (χ4v) is 2.91. The van der Waals surface area contributed by atoms with Crippen molar-refractivity contribution in [2.45, 2.75) is 37.9 Å². The SMILES string of the molecule is OC(Cc1ccc(Br)cc1Cl)CC1CCCO1. The van der Waals surface area contributed by atoms with Gasteiger partial charge in [-0.3, -0.25) is 0 Å². The molecule has 4 heteroatoms. The molecule has 0 saturated carbocycles. The van der Waals surface area contributed by atoms with Crippen LogP contribution in [0.15, 0.2) is 22.7 Å². The van der Waals surface area contributed by atoms with E-state index in [-0.39, 0.29) is 12.2 Å². The Labute approximate surface area is 115 Å². The Balaban J connectivity index is 1.90. The molecule has 1 aliphatic rings. The number of rotatable bonds is 4. The van der Waals surface area contributed by atoms with Gasteiger partial charge in [-0.05, 0) is 43.4 Å². The smallest absolute Gasteiger partial charge is 0.0605 e. The molecule has 0 aliphatic carbocycles. The van der Waals surface area contributed by atoms with Crippen LogP contribution in [-0.4, -0.2) is 23.9 Å². The number of aliphatic hydroxyl groups is 1. The van der Waals surface area contributed by atoms with Gasteiger partial charge in [0.2, 0.25) is 0 Å². The van der Waals surface area contributed by atoms with Gasteiger partial charge in [0.05, 0.1) is 12.2 Å². The number of hydrogen-bond acceptors (Lipinski definition) is 2. The monoisotopic (exact) mass is 318 g/mol. The molecule has 0 bridgehead atoms. The number of hydrogen-bond donors (Lipinski definition) is 1.